The van der Waals surface area contributed by atoms with Crippen molar-refractivity contribution in [2.45, 2.75) is 44.1 Å². The van der Waals surface area contributed by atoms with Gasteiger partial charge in [-0.2, -0.15) is 5.10 Å². The van der Waals surface area contributed by atoms with Crippen molar-refractivity contribution in [2.75, 3.05) is 14.2 Å². The van der Waals surface area contributed by atoms with Crippen molar-refractivity contribution in [1.82, 2.24) is 14.7 Å². The van der Waals surface area contributed by atoms with Crippen molar-refractivity contribution in [3.63, 3.8) is 0 Å². The Hall–Kier alpha value is -1.11. The van der Waals surface area contributed by atoms with E-state index in [1.165, 1.54) is 10.9 Å². The predicted molar refractivity (Wildman–Crippen MR) is 74.4 cm³/mol. The van der Waals surface area contributed by atoms with Crippen LogP contribution in [0.4, 0.5) is 0 Å². The van der Waals surface area contributed by atoms with Gasteiger partial charge in [-0.1, -0.05) is 11.6 Å². The first-order valence-corrected chi connectivity index (χ1v) is 7.05. The summed E-state index contributed by atoms with van der Waals surface area (Å²) in [4.78, 5) is 13.8. The SMILES string of the molecule is CO[C@@H]1CCC[C@@H](N(C)C(=O)Cn2cc(Cl)cn2)[C@H]1O. The smallest absolute Gasteiger partial charge is 0.244 e. The number of hydrogen-bond acceptors (Lipinski definition) is 4. The Bertz CT molecular complexity index is 465. The maximum atomic E-state index is 12.2. The number of likely N-dealkylation sites (N-methyl/N-ethyl adjacent to an activating group) is 1. The summed E-state index contributed by atoms with van der Waals surface area (Å²) in [5.41, 5.74) is 0. The largest absolute Gasteiger partial charge is 0.388 e. The molecule has 0 saturated heterocycles. The highest BCUT2D eigenvalue weighted by atomic mass is 35.5. The molecule has 1 fully saturated rings. The molecule has 1 saturated carbocycles. The molecule has 1 aliphatic rings. The second-order valence-corrected chi connectivity index (χ2v) is 5.56. The molecule has 2 rings (SSSR count). The molecule has 0 aromatic carbocycles. The van der Waals surface area contributed by atoms with E-state index in [2.05, 4.69) is 5.10 Å². The highest BCUT2D eigenvalue weighted by molar-refractivity contribution is 6.30. The zero-order chi connectivity index (χ0) is 14.7. The molecule has 20 heavy (non-hydrogen) atoms. The van der Waals surface area contributed by atoms with E-state index >= 15 is 0 Å². The molecule has 7 heteroatoms. The Labute approximate surface area is 123 Å². The summed E-state index contributed by atoms with van der Waals surface area (Å²) in [6.45, 7) is 0.115. The van der Waals surface area contributed by atoms with Crippen molar-refractivity contribution < 1.29 is 14.6 Å². The molecule has 1 aliphatic carbocycles. The number of aliphatic hydroxyl groups excluding tert-OH is 1. The van der Waals surface area contributed by atoms with E-state index in [-0.39, 0.29) is 24.6 Å². The first-order chi connectivity index (χ1) is 9.52. The highest BCUT2D eigenvalue weighted by Gasteiger charge is 2.36. The molecule has 0 spiro atoms. The molecule has 112 valence electrons. The summed E-state index contributed by atoms with van der Waals surface area (Å²) in [6.07, 6.45) is 4.78. The lowest BCUT2D eigenvalue weighted by Gasteiger charge is -2.39. The van der Waals surface area contributed by atoms with Crippen LogP contribution in [-0.4, -0.2) is 58.1 Å². The third kappa shape index (κ3) is 3.31. The van der Waals surface area contributed by atoms with Crippen LogP contribution in [0.1, 0.15) is 19.3 Å². The number of nitrogens with zero attached hydrogens (tertiary/aromatic N) is 3. The van der Waals surface area contributed by atoms with Gasteiger partial charge in [0.2, 0.25) is 5.91 Å². The fourth-order valence-electron chi connectivity index (χ4n) is 2.66. The van der Waals surface area contributed by atoms with Gasteiger partial charge in [-0.25, -0.2) is 0 Å². The quantitative estimate of drug-likeness (QED) is 0.898. The number of ether oxygens (including phenoxy) is 1. The summed E-state index contributed by atoms with van der Waals surface area (Å²) in [5.74, 6) is -0.106. The maximum Gasteiger partial charge on any atom is 0.244 e. The van der Waals surface area contributed by atoms with Gasteiger partial charge in [0.15, 0.2) is 0 Å². The zero-order valence-electron chi connectivity index (χ0n) is 11.7. The van der Waals surface area contributed by atoms with Crippen LogP contribution >= 0.6 is 11.6 Å². The summed E-state index contributed by atoms with van der Waals surface area (Å²) in [7, 11) is 3.29. The Morgan fingerprint density at radius 3 is 3.00 bits per heavy atom. The number of amides is 1. The van der Waals surface area contributed by atoms with E-state index in [0.717, 1.165) is 19.3 Å². The number of hydrogen-bond donors (Lipinski definition) is 1. The van der Waals surface area contributed by atoms with Gasteiger partial charge in [0.05, 0.1) is 23.4 Å². The number of aromatic nitrogens is 2. The summed E-state index contributed by atoms with van der Waals surface area (Å²) >= 11 is 5.77. The fourth-order valence-corrected chi connectivity index (χ4v) is 2.81. The summed E-state index contributed by atoms with van der Waals surface area (Å²) in [6, 6.07) is -0.216. The van der Waals surface area contributed by atoms with Crippen molar-refractivity contribution in [2.24, 2.45) is 0 Å². The summed E-state index contributed by atoms with van der Waals surface area (Å²) in [5, 5.41) is 14.7. The molecule has 1 heterocycles. The van der Waals surface area contributed by atoms with E-state index in [0.29, 0.717) is 5.02 Å². The third-order valence-electron chi connectivity index (χ3n) is 3.86. The van der Waals surface area contributed by atoms with E-state index in [9.17, 15) is 9.90 Å². The van der Waals surface area contributed by atoms with Gasteiger partial charge in [-0.05, 0) is 19.3 Å². The molecule has 0 radical (unpaired) electrons. The Morgan fingerprint density at radius 2 is 2.40 bits per heavy atom. The van der Waals surface area contributed by atoms with E-state index in [1.807, 2.05) is 0 Å². The minimum Gasteiger partial charge on any atom is -0.388 e. The molecule has 3 atom stereocenters. The Kier molecular flexibility index (Phi) is 5.01. The third-order valence-corrected chi connectivity index (χ3v) is 4.05. The van der Waals surface area contributed by atoms with Crippen LogP contribution in [0.15, 0.2) is 12.4 Å². The predicted octanol–water partition coefficient (Wildman–Crippen LogP) is 0.923. The van der Waals surface area contributed by atoms with Crippen LogP contribution in [0.25, 0.3) is 0 Å². The van der Waals surface area contributed by atoms with Crippen LogP contribution in [0, 0.1) is 0 Å². The van der Waals surface area contributed by atoms with E-state index in [1.54, 1.807) is 25.3 Å². The van der Waals surface area contributed by atoms with Gasteiger partial charge in [-0.3, -0.25) is 9.48 Å². The summed E-state index contributed by atoms with van der Waals surface area (Å²) < 4.78 is 6.75. The van der Waals surface area contributed by atoms with Gasteiger partial charge in [0, 0.05) is 20.4 Å². The van der Waals surface area contributed by atoms with Crippen LogP contribution in [-0.2, 0) is 16.1 Å². The monoisotopic (exact) mass is 301 g/mol. The average molecular weight is 302 g/mol. The maximum absolute atomic E-state index is 12.2. The topological polar surface area (TPSA) is 67.6 Å². The minimum absolute atomic E-state index is 0.106. The molecule has 1 aromatic rings. The lowest BCUT2D eigenvalue weighted by atomic mass is 9.89. The normalized spacial score (nSPS) is 26.5. The van der Waals surface area contributed by atoms with E-state index < -0.39 is 6.10 Å². The zero-order valence-corrected chi connectivity index (χ0v) is 12.5. The molecule has 0 unspecified atom stereocenters. The lowest BCUT2D eigenvalue weighted by Crippen LogP contribution is -2.52. The van der Waals surface area contributed by atoms with Gasteiger partial charge < -0.3 is 14.7 Å². The van der Waals surface area contributed by atoms with Crippen molar-refractivity contribution >= 4 is 17.5 Å². The van der Waals surface area contributed by atoms with Gasteiger partial charge >= 0.3 is 0 Å². The Morgan fingerprint density at radius 1 is 1.65 bits per heavy atom. The number of halogens is 1. The van der Waals surface area contributed by atoms with Crippen molar-refractivity contribution in [3.05, 3.63) is 17.4 Å². The van der Waals surface area contributed by atoms with Crippen molar-refractivity contribution in [3.8, 4) is 0 Å². The molecular weight excluding hydrogens is 282 g/mol. The molecule has 0 bridgehead atoms. The first kappa shape index (κ1) is 15.3. The fraction of sp³-hybridized carbons (Fsp3) is 0.692. The molecule has 1 N–H and O–H groups in total. The molecule has 1 amide bonds. The molecule has 6 nitrogen and oxygen atoms in total. The minimum atomic E-state index is -0.649. The average Bonchev–Trinajstić information content (AvgIpc) is 2.83. The number of carbonyl (C=O) groups is 1. The second kappa shape index (κ2) is 6.56. The number of carbonyl (C=O) groups excluding carboxylic acids is 1. The Balaban J connectivity index is 1.98. The number of methoxy groups -OCH3 is 1. The standard InChI is InChI=1S/C13H20ClN3O3/c1-16(10-4-3-5-11(20-2)13(10)19)12(18)8-17-7-9(14)6-15-17/h6-7,10-11,13,19H,3-5,8H2,1-2H3/t10-,11-,13-/m1/s1. The highest BCUT2D eigenvalue weighted by Crippen LogP contribution is 2.25. The van der Waals surface area contributed by atoms with Crippen LogP contribution in [0.3, 0.4) is 0 Å². The van der Waals surface area contributed by atoms with Gasteiger partial charge in [0.1, 0.15) is 12.6 Å². The van der Waals surface area contributed by atoms with Crippen LogP contribution in [0.2, 0.25) is 5.02 Å². The molecule has 0 aliphatic heterocycles. The second-order valence-electron chi connectivity index (χ2n) is 5.12. The molecular formula is C13H20ClN3O3. The van der Waals surface area contributed by atoms with Crippen LogP contribution < -0.4 is 0 Å². The number of rotatable bonds is 4. The number of aliphatic hydroxyl groups is 1. The van der Waals surface area contributed by atoms with Crippen molar-refractivity contribution in [1.29, 1.82) is 0 Å². The van der Waals surface area contributed by atoms with Crippen LogP contribution in [0.5, 0.6) is 0 Å². The van der Waals surface area contributed by atoms with Gasteiger partial charge in [-0.15, -0.1) is 0 Å². The van der Waals surface area contributed by atoms with E-state index in [4.69, 9.17) is 16.3 Å². The first-order valence-electron chi connectivity index (χ1n) is 6.67. The molecule has 1 aromatic heterocycles. The lowest BCUT2D eigenvalue weighted by molar-refractivity contribution is -0.140. The van der Waals surface area contributed by atoms with Gasteiger partial charge in [0.25, 0.3) is 0 Å².